The van der Waals surface area contributed by atoms with Crippen LogP contribution < -0.4 is 9.47 Å². The number of hydrogen-bond acceptors (Lipinski definition) is 5. The molecule has 6 heteroatoms. The first-order valence-electron chi connectivity index (χ1n) is 8.50. The standard InChI is InChI=1S/C18H18N4O2/c1-3-12(4-1)17-20-18-19-8-7-14(22(18)21-17)13-5-6-15-16(11-13)24-10-2-9-23-15/h5-8,11-12H,1-4,9-10H2. The van der Waals surface area contributed by atoms with Crippen LogP contribution in [0.3, 0.4) is 0 Å². The predicted molar refractivity (Wildman–Crippen MR) is 88.4 cm³/mol. The van der Waals surface area contributed by atoms with Gasteiger partial charge < -0.3 is 9.47 Å². The Bertz CT molecular complexity index is 901. The SMILES string of the molecule is c1cc(-c2ccc3c(c2)OCCCO3)n2nc(C3CCC3)nc2n1. The molecule has 0 radical (unpaired) electrons. The normalized spacial score (nSPS) is 17.5. The largest absolute Gasteiger partial charge is 0.490 e. The van der Waals surface area contributed by atoms with Gasteiger partial charge in [-0.1, -0.05) is 6.42 Å². The fourth-order valence-corrected chi connectivity index (χ4v) is 3.19. The number of benzene rings is 1. The van der Waals surface area contributed by atoms with Gasteiger partial charge in [0.2, 0.25) is 0 Å². The van der Waals surface area contributed by atoms with Gasteiger partial charge in [-0.05, 0) is 37.1 Å². The molecule has 1 fully saturated rings. The molecule has 1 saturated carbocycles. The highest BCUT2D eigenvalue weighted by molar-refractivity contribution is 5.65. The third-order valence-electron chi connectivity index (χ3n) is 4.77. The van der Waals surface area contributed by atoms with Gasteiger partial charge in [0.1, 0.15) is 0 Å². The van der Waals surface area contributed by atoms with Gasteiger partial charge in [-0.3, -0.25) is 0 Å². The van der Waals surface area contributed by atoms with E-state index in [9.17, 15) is 0 Å². The van der Waals surface area contributed by atoms with E-state index < -0.39 is 0 Å². The van der Waals surface area contributed by atoms with E-state index in [1.807, 2.05) is 28.8 Å². The summed E-state index contributed by atoms with van der Waals surface area (Å²) < 4.78 is 13.4. The molecule has 0 bridgehead atoms. The first kappa shape index (κ1) is 13.8. The van der Waals surface area contributed by atoms with Crippen LogP contribution >= 0.6 is 0 Å². The minimum atomic E-state index is 0.489. The number of fused-ring (bicyclic) bond motifs is 2. The summed E-state index contributed by atoms with van der Waals surface area (Å²) in [5.74, 6) is 3.64. The highest BCUT2D eigenvalue weighted by atomic mass is 16.5. The molecule has 0 N–H and O–H groups in total. The van der Waals surface area contributed by atoms with Crippen molar-refractivity contribution in [2.24, 2.45) is 0 Å². The molecule has 0 atom stereocenters. The van der Waals surface area contributed by atoms with Gasteiger partial charge in [0.15, 0.2) is 17.3 Å². The number of aromatic nitrogens is 4. The average molecular weight is 322 g/mol. The topological polar surface area (TPSA) is 61.5 Å². The number of rotatable bonds is 2. The van der Waals surface area contributed by atoms with E-state index in [2.05, 4.69) is 9.97 Å². The van der Waals surface area contributed by atoms with Gasteiger partial charge in [-0.2, -0.15) is 9.50 Å². The van der Waals surface area contributed by atoms with E-state index in [0.717, 1.165) is 35.0 Å². The Hall–Kier alpha value is -2.63. The summed E-state index contributed by atoms with van der Waals surface area (Å²) in [5, 5.41) is 4.71. The quantitative estimate of drug-likeness (QED) is 0.725. The molecule has 3 heterocycles. The molecule has 0 unspecified atom stereocenters. The van der Waals surface area contributed by atoms with E-state index >= 15 is 0 Å². The molecule has 2 aromatic heterocycles. The molecule has 0 saturated heterocycles. The van der Waals surface area contributed by atoms with E-state index in [-0.39, 0.29) is 0 Å². The molecule has 0 spiro atoms. The molecule has 1 aliphatic carbocycles. The van der Waals surface area contributed by atoms with Crippen LogP contribution in [0.15, 0.2) is 30.5 Å². The first-order valence-corrected chi connectivity index (χ1v) is 8.50. The van der Waals surface area contributed by atoms with Crippen LogP contribution in [0.1, 0.15) is 37.4 Å². The van der Waals surface area contributed by atoms with Crippen molar-refractivity contribution in [2.75, 3.05) is 13.2 Å². The smallest absolute Gasteiger partial charge is 0.252 e. The molecular weight excluding hydrogens is 304 g/mol. The summed E-state index contributed by atoms with van der Waals surface area (Å²) in [7, 11) is 0. The van der Waals surface area contributed by atoms with Crippen LogP contribution in [0.2, 0.25) is 0 Å². The molecule has 5 rings (SSSR count). The molecule has 3 aromatic rings. The van der Waals surface area contributed by atoms with Crippen molar-refractivity contribution in [3.8, 4) is 22.8 Å². The summed E-state index contributed by atoms with van der Waals surface area (Å²) in [4.78, 5) is 8.97. The third-order valence-corrected chi connectivity index (χ3v) is 4.77. The van der Waals surface area contributed by atoms with Crippen LogP contribution in [0.25, 0.3) is 17.0 Å². The Balaban J connectivity index is 1.60. The van der Waals surface area contributed by atoms with Gasteiger partial charge >= 0.3 is 0 Å². The second-order valence-electron chi connectivity index (χ2n) is 6.35. The second kappa shape index (κ2) is 5.47. The summed E-state index contributed by atoms with van der Waals surface area (Å²) in [6.45, 7) is 1.37. The van der Waals surface area contributed by atoms with Crippen LogP contribution in [0.5, 0.6) is 11.5 Å². The Morgan fingerprint density at radius 1 is 1.00 bits per heavy atom. The minimum absolute atomic E-state index is 0.489. The molecular formula is C18H18N4O2. The van der Waals surface area contributed by atoms with Crippen LogP contribution in [0, 0.1) is 0 Å². The van der Waals surface area contributed by atoms with Crippen molar-refractivity contribution in [1.82, 2.24) is 19.6 Å². The van der Waals surface area contributed by atoms with Gasteiger partial charge in [0, 0.05) is 24.1 Å². The zero-order valence-corrected chi connectivity index (χ0v) is 13.3. The van der Waals surface area contributed by atoms with Gasteiger partial charge in [0.25, 0.3) is 5.78 Å². The van der Waals surface area contributed by atoms with E-state index in [1.165, 1.54) is 19.3 Å². The lowest BCUT2D eigenvalue weighted by Gasteiger charge is -2.21. The van der Waals surface area contributed by atoms with Crippen molar-refractivity contribution in [2.45, 2.75) is 31.6 Å². The maximum absolute atomic E-state index is 5.81. The lowest BCUT2D eigenvalue weighted by Crippen LogP contribution is -2.10. The van der Waals surface area contributed by atoms with Gasteiger partial charge in [0.05, 0.1) is 18.9 Å². The highest BCUT2D eigenvalue weighted by Gasteiger charge is 2.24. The Morgan fingerprint density at radius 2 is 1.88 bits per heavy atom. The van der Waals surface area contributed by atoms with Crippen LogP contribution in [-0.4, -0.2) is 32.8 Å². The molecule has 24 heavy (non-hydrogen) atoms. The fourth-order valence-electron chi connectivity index (χ4n) is 3.19. The van der Waals surface area contributed by atoms with E-state index in [1.54, 1.807) is 6.20 Å². The maximum Gasteiger partial charge on any atom is 0.252 e. The molecule has 1 aliphatic heterocycles. The Labute approximate surface area is 139 Å². The van der Waals surface area contributed by atoms with E-state index in [4.69, 9.17) is 14.6 Å². The Morgan fingerprint density at radius 3 is 2.71 bits per heavy atom. The lowest BCUT2D eigenvalue weighted by atomic mass is 9.85. The fraction of sp³-hybridized carbons (Fsp3) is 0.389. The summed E-state index contributed by atoms with van der Waals surface area (Å²) in [5.41, 5.74) is 1.99. The van der Waals surface area contributed by atoms with Gasteiger partial charge in [-0.15, -0.1) is 5.10 Å². The van der Waals surface area contributed by atoms with Crippen LogP contribution in [0.4, 0.5) is 0 Å². The van der Waals surface area contributed by atoms with Crippen molar-refractivity contribution < 1.29 is 9.47 Å². The summed E-state index contributed by atoms with van der Waals surface area (Å²) in [6, 6.07) is 7.98. The summed E-state index contributed by atoms with van der Waals surface area (Å²) >= 11 is 0. The van der Waals surface area contributed by atoms with Crippen molar-refractivity contribution >= 4 is 5.78 Å². The molecule has 2 aliphatic rings. The molecule has 1 aromatic carbocycles. The third kappa shape index (κ3) is 2.21. The summed E-state index contributed by atoms with van der Waals surface area (Å²) in [6.07, 6.45) is 6.30. The molecule has 6 nitrogen and oxygen atoms in total. The maximum atomic E-state index is 5.81. The first-order chi connectivity index (χ1) is 11.9. The molecule has 0 amide bonds. The number of nitrogens with zero attached hydrogens (tertiary/aromatic N) is 4. The highest BCUT2D eigenvalue weighted by Crippen LogP contribution is 2.36. The number of ether oxygens (including phenoxy) is 2. The van der Waals surface area contributed by atoms with Crippen molar-refractivity contribution in [3.05, 3.63) is 36.3 Å². The molecule has 122 valence electrons. The number of hydrogen-bond donors (Lipinski definition) is 0. The van der Waals surface area contributed by atoms with Crippen molar-refractivity contribution in [1.29, 1.82) is 0 Å². The average Bonchev–Trinajstić information content (AvgIpc) is 2.82. The minimum Gasteiger partial charge on any atom is -0.490 e. The monoisotopic (exact) mass is 322 g/mol. The zero-order chi connectivity index (χ0) is 15.9. The van der Waals surface area contributed by atoms with Crippen LogP contribution in [-0.2, 0) is 0 Å². The Kier molecular flexibility index (Phi) is 3.14. The van der Waals surface area contributed by atoms with E-state index in [0.29, 0.717) is 24.9 Å². The second-order valence-corrected chi connectivity index (χ2v) is 6.35. The predicted octanol–water partition coefficient (Wildman–Crippen LogP) is 3.22. The zero-order valence-electron chi connectivity index (χ0n) is 13.3. The van der Waals surface area contributed by atoms with Gasteiger partial charge in [-0.25, -0.2) is 4.98 Å². The lowest BCUT2D eigenvalue weighted by molar-refractivity contribution is 0.297. The van der Waals surface area contributed by atoms with Crippen molar-refractivity contribution in [3.63, 3.8) is 0 Å².